The SMILES string of the molecule is Cl.NCC1CN(C(=O)c2cccc(Br)c2Cl)CCO1. The van der Waals surface area contributed by atoms with E-state index >= 15 is 0 Å². The second kappa shape index (κ2) is 7.45. The van der Waals surface area contributed by atoms with E-state index < -0.39 is 0 Å². The van der Waals surface area contributed by atoms with E-state index in [0.717, 1.165) is 4.47 Å². The van der Waals surface area contributed by atoms with Gasteiger partial charge in [-0.05, 0) is 28.1 Å². The number of hydrogen-bond acceptors (Lipinski definition) is 3. The van der Waals surface area contributed by atoms with Gasteiger partial charge in [0, 0.05) is 24.1 Å². The molecule has 0 radical (unpaired) electrons. The lowest BCUT2D eigenvalue weighted by Crippen LogP contribution is -2.48. The summed E-state index contributed by atoms with van der Waals surface area (Å²) in [5, 5.41) is 0.443. The number of nitrogens with two attached hydrogens (primary N) is 1. The number of rotatable bonds is 2. The maximum Gasteiger partial charge on any atom is 0.255 e. The molecule has 1 fully saturated rings. The topological polar surface area (TPSA) is 55.6 Å². The van der Waals surface area contributed by atoms with Gasteiger partial charge in [-0.3, -0.25) is 4.79 Å². The van der Waals surface area contributed by atoms with Crippen LogP contribution in [0.1, 0.15) is 10.4 Å². The zero-order valence-electron chi connectivity index (χ0n) is 10.1. The highest BCUT2D eigenvalue weighted by Crippen LogP contribution is 2.27. The molecule has 0 spiro atoms. The quantitative estimate of drug-likeness (QED) is 0.870. The van der Waals surface area contributed by atoms with Crippen LogP contribution in [0.4, 0.5) is 0 Å². The van der Waals surface area contributed by atoms with Crippen LogP contribution < -0.4 is 5.73 Å². The van der Waals surface area contributed by atoms with Crippen molar-refractivity contribution in [2.45, 2.75) is 6.10 Å². The van der Waals surface area contributed by atoms with Gasteiger partial charge in [0.15, 0.2) is 0 Å². The number of benzene rings is 1. The Labute approximate surface area is 131 Å². The van der Waals surface area contributed by atoms with E-state index in [1.807, 2.05) is 0 Å². The van der Waals surface area contributed by atoms with Crippen LogP contribution in [-0.2, 0) is 4.74 Å². The molecule has 2 rings (SSSR count). The Kier molecular flexibility index (Phi) is 6.56. The fourth-order valence-corrected chi connectivity index (χ4v) is 2.46. The summed E-state index contributed by atoms with van der Waals surface area (Å²) < 4.78 is 6.16. The van der Waals surface area contributed by atoms with Crippen molar-refractivity contribution in [3.8, 4) is 0 Å². The fourth-order valence-electron chi connectivity index (χ4n) is 1.89. The third-order valence-corrected chi connectivity index (χ3v) is 4.17. The average molecular weight is 370 g/mol. The Bertz CT molecular complexity index is 459. The van der Waals surface area contributed by atoms with Gasteiger partial charge in [0.1, 0.15) is 0 Å². The normalized spacial score (nSPS) is 18.9. The number of carbonyl (C=O) groups excluding carboxylic acids is 1. The second-order valence-corrected chi connectivity index (χ2v) is 5.31. The summed E-state index contributed by atoms with van der Waals surface area (Å²) in [5.41, 5.74) is 6.07. The minimum absolute atomic E-state index is 0. The molecule has 1 aromatic rings. The molecule has 0 aromatic heterocycles. The van der Waals surface area contributed by atoms with Crippen molar-refractivity contribution >= 4 is 45.8 Å². The molecule has 0 saturated carbocycles. The van der Waals surface area contributed by atoms with Crippen LogP contribution in [0.15, 0.2) is 22.7 Å². The molecule has 106 valence electrons. The lowest BCUT2D eigenvalue weighted by atomic mass is 10.1. The zero-order chi connectivity index (χ0) is 13.1. The smallest absolute Gasteiger partial charge is 0.255 e. The Balaban J connectivity index is 0.00000180. The molecule has 7 heteroatoms. The van der Waals surface area contributed by atoms with Gasteiger partial charge in [-0.15, -0.1) is 12.4 Å². The van der Waals surface area contributed by atoms with Gasteiger partial charge in [0.25, 0.3) is 5.91 Å². The number of halogens is 3. The highest BCUT2D eigenvalue weighted by Gasteiger charge is 2.25. The molecule has 1 saturated heterocycles. The molecule has 1 unspecified atom stereocenters. The average Bonchev–Trinajstić information content (AvgIpc) is 2.41. The molecule has 1 aliphatic heterocycles. The van der Waals surface area contributed by atoms with Crippen molar-refractivity contribution in [3.63, 3.8) is 0 Å². The van der Waals surface area contributed by atoms with Crippen molar-refractivity contribution in [3.05, 3.63) is 33.3 Å². The minimum atomic E-state index is -0.0892. The van der Waals surface area contributed by atoms with Gasteiger partial charge in [-0.2, -0.15) is 0 Å². The van der Waals surface area contributed by atoms with Crippen LogP contribution >= 0.6 is 39.9 Å². The number of carbonyl (C=O) groups is 1. The minimum Gasteiger partial charge on any atom is -0.373 e. The molecular formula is C12H15BrCl2N2O2. The Hall–Kier alpha value is -0.330. The summed E-state index contributed by atoms with van der Waals surface area (Å²) in [4.78, 5) is 14.1. The van der Waals surface area contributed by atoms with Gasteiger partial charge in [-0.1, -0.05) is 17.7 Å². The molecule has 1 atom stereocenters. The first-order chi connectivity index (χ1) is 8.63. The largest absolute Gasteiger partial charge is 0.373 e. The Morgan fingerprint density at radius 3 is 3.00 bits per heavy atom. The number of ether oxygens (including phenoxy) is 1. The summed E-state index contributed by atoms with van der Waals surface area (Å²) in [6, 6.07) is 5.33. The number of morpholine rings is 1. The van der Waals surface area contributed by atoms with Gasteiger partial charge < -0.3 is 15.4 Å². The third-order valence-electron chi connectivity index (χ3n) is 2.87. The Morgan fingerprint density at radius 2 is 2.32 bits per heavy atom. The molecule has 1 heterocycles. The molecule has 2 N–H and O–H groups in total. The lowest BCUT2D eigenvalue weighted by molar-refractivity contribution is -0.0167. The van der Waals surface area contributed by atoms with Gasteiger partial charge in [0.05, 0.1) is 23.3 Å². The molecule has 0 bridgehead atoms. The highest BCUT2D eigenvalue weighted by atomic mass is 79.9. The monoisotopic (exact) mass is 368 g/mol. The van der Waals surface area contributed by atoms with E-state index in [9.17, 15) is 4.79 Å². The molecular weight excluding hydrogens is 355 g/mol. The predicted octanol–water partition coefficient (Wildman–Crippen LogP) is 2.32. The number of nitrogens with zero attached hydrogens (tertiary/aromatic N) is 1. The van der Waals surface area contributed by atoms with Crippen LogP contribution in [0.5, 0.6) is 0 Å². The Morgan fingerprint density at radius 1 is 1.58 bits per heavy atom. The van der Waals surface area contributed by atoms with E-state index in [0.29, 0.717) is 36.8 Å². The van der Waals surface area contributed by atoms with Crippen LogP contribution in [0.2, 0.25) is 5.02 Å². The fraction of sp³-hybridized carbons (Fsp3) is 0.417. The second-order valence-electron chi connectivity index (χ2n) is 4.08. The van der Waals surface area contributed by atoms with Crippen LogP contribution in [-0.4, -0.2) is 43.2 Å². The van der Waals surface area contributed by atoms with Crippen LogP contribution in [0, 0.1) is 0 Å². The van der Waals surface area contributed by atoms with Gasteiger partial charge in [0.2, 0.25) is 0 Å². The summed E-state index contributed by atoms with van der Waals surface area (Å²) in [6.45, 7) is 2.01. The third kappa shape index (κ3) is 3.83. The highest BCUT2D eigenvalue weighted by molar-refractivity contribution is 9.10. The van der Waals surface area contributed by atoms with E-state index in [1.165, 1.54) is 0 Å². The summed E-state index contributed by atoms with van der Waals surface area (Å²) in [6.07, 6.45) is -0.0892. The van der Waals surface area contributed by atoms with Crippen molar-refractivity contribution in [2.75, 3.05) is 26.2 Å². The summed E-state index contributed by atoms with van der Waals surface area (Å²) in [5.74, 6) is -0.0805. The zero-order valence-corrected chi connectivity index (χ0v) is 13.3. The van der Waals surface area contributed by atoms with Crippen molar-refractivity contribution < 1.29 is 9.53 Å². The van der Waals surface area contributed by atoms with E-state index in [4.69, 9.17) is 22.1 Å². The maximum absolute atomic E-state index is 12.4. The molecule has 0 aliphatic carbocycles. The standard InChI is InChI=1S/C12H14BrClN2O2.ClH/c13-10-3-1-2-9(11(10)14)12(17)16-4-5-18-8(6-15)7-16;/h1-3,8H,4-7,15H2;1H. The van der Waals surface area contributed by atoms with Crippen LogP contribution in [0.25, 0.3) is 0 Å². The van der Waals surface area contributed by atoms with Gasteiger partial charge in [-0.25, -0.2) is 0 Å². The van der Waals surface area contributed by atoms with E-state index in [-0.39, 0.29) is 24.4 Å². The molecule has 1 aromatic carbocycles. The maximum atomic E-state index is 12.4. The van der Waals surface area contributed by atoms with E-state index in [1.54, 1.807) is 23.1 Å². The summed E-state index contributed by atoms with van der Waals surface area (Å²) >= 11 is 9.44. The molecule has 4 nitrogen and oxygen atoms in total. The number of amides is 1. The molecule has 19 heavy (non-hydrogen) atoms. The lowest BCUT2D eigenvalue weighted by Gasteiger charge is -2.32. The molecule has 1 amide bonds. The van der Waals surface area contributed by atoms with Gasteiger partial charge >= 0.3 is 0 Å². The summed E-state index contributed by atoms with van der Waals surface area (Å²) in [7, 11) is 0. The van der Waals surface area contributed by atoms with Crippen LogP contribution in [0.3, 0.4) is 0 Å². The predicted molar refractivity (Wildman–Crippen MR) is 81.1 cm³/mol. The van der Waals surface area contributed by atoms with Crippen molar-refractivity contribution in [1.29, 1.82) is 0 Å². The first-order valence-electron chi connectivity index (χ1n) is 5.68. The van der Waals surface area contributed by atoms with Crippen molar-refractivity contribution in [2.24, 2.45) is 5.73 Å². The number of hydrogen-bond donors (Lipinski definition) is 1. The van der Waals surface area contributed by atoms with E-state index in [2.05, 4.69) is 15.9 Å². The first-order valence-corrected chi connectivity index (χ1v) is 6.85. The molecule has 1 aliphatic rings. The van der Waals surface area contributed by atoms with Crippen molar-refractivity contribution in [1.82, 2.24) is 4.90 Å². The first kappa shape index (κ1) is 16.7.